The minimum Gasteiger partial charge on any atom is -0.351 e. The highest BCUT2D eigenvalue weighted by molar-refractivity contribution is 6.27. The molecule has 0 bridgehead atoms. The predicted octanol–water partition coefficient (Wildman–Crippen LogP) is 1.35. The first-order chi connectivity index (χ1) is 6.76. The van der Waals surface area contributed by atoms with Crippen LogP contribution in [0.3, 0.4) is 0 Å². The van der Waals surface area contributed by atoms with Crippen molar-refractivity contribution in [2.45, 2.75) is 6.54 Å². The summed E-state index contributed by atoms with van der Waals surface area (Å²) in [5.74, 6) is -0.238. The number of carbonyl (C=O) groups excluding carboxylic acids is 2. The Bertz CT molecular complexity index is 321. The van der Waals surface area contributed by atoms with Gasteiger partial charge in [-0.15, -0.1) is 11.6 Å². The summed E-state index contributed by atoms with van der Waals surface area (Å²) in [6.07, 6.45) is 0.779. The summed E-state index contributed by atoms with van der Waals surface area (Å²) in [5, 5.41) is 2.63. The van der Waals surface area contributed by atoms with Crippen LogP contribution < -0.4 is 5.32 Å². The summed E-state index contributed by atoms with van der Waals surface area (Å²) < 4.78 is 0. The van der Waals surface area contributed by atoms with Gasteiger partial charge in [-0.25, -0.2) is 0 Å². The molecule has 0 fully saturated rings. The van der Waals surface area contributed by atoms with Crippen LogP contribution in [0, 0.1) is 0 Å². The number of aldehydes is 1. The number of hydrogen-bond donors (Lipinski definition) is 1. The maximum absolute atomic E-state index is 10.8. The summed E-state index contributed by atoms with van der Waals surface area (Å²) in [6, 6.07) is 6.99. The van der Waals surface area contributed by atoms with Crippen molar-refractivity contribution < 1.29 is 9.59 Å². The van der Waals surface area contributed by atoms with E-state index in [9.17, 15) is 9.59 Å². The second-order valence-corrected chi connectivity index (χ2v) is 3.04. The number of halogens is 1. The lowest BCUT2D eigenvalue weighted by molar-refractivity contribution is -0.118. The van der Waals surface area contributed by atoms with Crippen molar-refractivity contribution in [1.29, 1.82) is 0 Å². The van der Waals surface area contributed by atoms with Gasteiger partial charge in [-0.05, 0) is 5.56 Å². The summed E-state index contributed by atoms with van der Waals surface area (Å²) in [4.78, 5) is 21.2. The summed E-state index contributed by atoms with van der Waals surface area (Å²) >= 11 is 5.31. The largest absolute Gasteiger partial charge is 0.351 e. The molecule has 1 rings (SSSR count). The first-order valence-corrected chi connectivity index (χ1v) is 4.66. The maximum atomic E-state index is 10.8. The molecule has 4 heteroatoms. The summed E-state index contributed by atoms with van der Waals surface area (Å²) in [5.41, 5.74) is 1.56. The Morgan fingerprint density at radius 1 is 1.36 bits per heavy atom. The number of benzene rings is 1. The van der Waals surface area contributed by atoms with Gasteiger partial charge >= 0.3 is 0 Å². The van der Waals surface area contributed by atoms with E-state index in [4.69, 9.17) is 11.6 Å². The van der Waals surface area contributed by atoms with Crippen LogP contribution in [-0.4, -0.2) is 18.1 Å². The molecule has 74 valence electrons. The number of nitrogens with one attached hydrogen (secondary N) is 1. The lowest BCUT2D eigenvalue weighted by Gasteiger charge is -2.02. The molecular formula is C10H10ClNO2. The molecule has 0 saturated heterocycles. The van der Waals surface area contributed by atoms with E-state index >= 15 is 0 Å². The average molecular weight is 212 g/mol. The Balaban J connectivity index is 2.51. The first-order valence-electron chi connectivity index (χ1n) is 4.13. The second kappa shape index (κ2) is 5.40. The average Bonchev–Trinajstić information content (AvgIpc) is 2.26. The fourth-order valence-corrected chi connectivity index (χ4v) is 1.06. The molecule has 1 N–H and O–H groups in total. The van der Waals surface area contributed by atoms with Crippen LogP contribution in [-0.2, 0) is 11.3 Å². The zero-order valence-corrected chi connectivity index (χ0v) is 8.25. The molecule has 0 aliphatic heterocycles. The molecule has 14 heavy (non-hydrogen) atoms. The lowest BCUT2D eigenvalue weighted by atomic mass is 10.1. The van der Waals surface area contributed by atoms with Crippen molar-refractivity contribution in [3.05, 3.63) is 35.4 Å². The van der Waals surface area contributed by atoms with E-state index in [1.165, 1.54) is 0 Å². The molecule has 3 nitrogen and oxygen atoms in total. The van der Waals surface area contributed by atoms with Crippen LogP contribution in [0.25, 0.3) is 0 Å². The third-order valence-electron chi connectivity index (χ3n) is 1.73. The van der Waals surface area contributed by atoms with Gasteiger partial charge < -0.3 is 5.32 Å². The molecule has 0 heterocycles. The Hall–Kier alpha value is -1.35. The minimum atomic E-state index is -0.203. The number of hydrogen-bond acceptors (Lipinski definition) is 2. The van der Waals surface area contributed by atoms with Gasteiger partial charge in [0.05, 0.1) is 0 Å². The number of carbonyl (C=O) groups is 2. The molecule has 0 radical (unpaired) electrons. The molecule has 0 aliphatic rings. The number of amides is 1. The van der Waals surface area contributed by atoms with Gasteiger partial charge in [0.25, 0.3) is 0 Å². The van der Waals surface area contributed by atoms with Crippen LogP contribution in [0.2, 0.25) is 0 Å². The third kappa shape index (κ3) is 3.18. The predicted molar refractivity (Wildman–Crippen MR) is 54.4 cm³/mol. The molecule has 0 aromatic heterocycles. The van der Waals surface area contributed by atoms with Gasteiger partial charge in [-0.2, -0.15) is 0 Å². The topological polar surface area (TPSA) is 46.2 Å². The third-order valence-corrected chi connectivity index (χ3v) is 1.97. The van der Waals surface area contributed by atoms with E-state index in [1.54, 1.807) is 24.3 Å². The highest BCUT2D eigenvalue weighted by Gasteiger charge is 1.98. The molecule has 1 aromatic rings. The second-order valence-electron chi connectivity index (χ2n) is 2.77. The van der Waals surface area contributed by atoms with Crippen LogP contribution in [0.4, 0.5) is 0 Å². The van der Waals surface area contributed by atoms with Gasteiger partial charge in [0.15, 0.2) is 0 Å². The van der Waals surface area contributed by atoms with Crippen molar-refractivity contribution in [3.63, 3.8) is 0 Å². The molecular weight excluding hydrogens is 202 g/mol. The van der Waals surface area contributed by atoms with Gasteiger partial charge in [0, 0.05) is 12.1 Å². The van der Waals surface area contributed by atoms with Gasteiger partial charge in [-0.1, -0.05) is 24.3 Å². The number of alkyl halides is 1. The van der Waals surface area contributed by atoms with E-state index in [2.05, 4.69) is 5.32 Å². The van der Waals surface area contributed by atoms with Crippen molar-refractivity contribution in [3.8, 4) is 0 Å². The standard InChI is InChI=1S/C10H10ClNO2/c11-5-10(14)12-6-8-1-3-9(7-13)4-2-8/h1-4,7H,5-6H2,(H,12,14). The quantitative estimate of drug-likeness (QED) is 0.604. The molecule has 0 spiro atoms. The van der Waals surface area contributed by atoms with Crippen molar-refractivity contribution in [1.82, 2.24) is 5.32 Å². The molecule has 0 atom stereocenters. The van der Waals surface area contributed by atoms with Crippen LogP contribution in [0.5, 0.6) is 0 Å². The Morgan fingerprint density at radius 2 is 2.00 bits per heavy atom. The fourth-order valence-electron chi connectivity index (χ4n) is 0.962. The van der Waals surface area contributed by atoms with E-state index in [0.29, 0.717) is 12.1 Å². The minimum absolute atomic E-state index is 0.0353. The summed E-state index contributed by atoms with van der Waals surface area (Å²) in [7, 11) is 0. The van der Waals surface area contributed by atoms with Gasteiger partial charge in [0.2, 0.25) is 5.91 Å². The number of rotatable bonds is 4. The van der Waals surface area contributed by atoms with Gasteiger partial charge in [-0.3, -0.25) is 9.59 Å². The monoisotopic (exact) mass is 211 g/mol. The Morgan fingerprint density at radius 3 is 2.50 bits per heavy atom. The van der Waals surface area contributed by atoms with Crippen molar-refractivity contribution in [2.75, 3.05) is 5.88 Å². The summed E-state index contributed by atoms with van der Waals surface area (Å²) in [6.45, 7) is 0.435. The highest BCUT2D eigenvalue weighted by Crippen LogP contribution is 2.01. The van der Waals surface area contributed by atoms with E-state index in [-0.39, 0.29) is 11.8 Å². The first kappa shape index (κ1) is 10.7. The Labute approximate surface area is 87.1 Å². The fraction of sp³-hybridized carbons (Fsp3) is 0.200. The normalized spacial score (nSPS) is 9.50. The zero-order chi connectivity index (χ0) is 10.4. The SMILES string of the molecule is O=Cc1ccc(CNC(=O)CCl)cc1. The molecule has 1 aromatic carbocycles. The lowest BCUT2D eigenvalue weighted by Crippen LogP contribution is -2.23. The Kier molecular flexibility index (Phi) is 4.13. The zero-order valence-electron chi connectivity index (χ0n) is 7.50. The van der Waals surface area contributed by atoms with Gasteiger partial charge in [0.1, 0.15) is 12.2 Å². The van der Waals surface area contributed by atoms with E-state index in [1.807, 2.05) is 0 Å². The smallest absolute Gasteiger partial charge is 0.235 e. The molecule has 0 aliphatic carbocycles. The highest BCUT2D eigenvalue weighted by atomic mass is 35.5. The van der Waals surface area contributed by atoms with E-state index in [0.717, 1.165) is 11.8 Å². The van der Waals surface area contributed by atoms with Crippen LogP contribution >= 0.6 is 11.6 Å². The molecule has 0 saturated carbocycles. The maximum Gasteiger partial charge on any atom is 0.235 e. The van der Waals surface area contributed by atoms with Crippen LogP contribution in [0.1, 0.15) is 15.9 Å². The van der Waals surface area contributed by atoms with Crippen molar-refractivity contribution in [2.24, 2.45) is 0 Å². The van der Waals surface area contributed by atoms with Crippen molar-refractivity contribution >= 4 is 23.8 Å². The molecule has 1 amide bonds. The van der Waals surface area contributed by atoms with Crippen LogP contribution in [0.15, 0.2) is 24.3 Å². The van der Waals surface area contributed by atoms with E-state index < -0.39 is 0 Å². The molecule has 0 unspecified atom stereocenters.